The molecular weight excluding hydrogens is 426 g/mol. The summed E-state index contributed by atoms with van der Waals surface area (Å²) < 4.78 is 18.1. The van der Waals surface area contributed by atoms with Crippen LogP contribution in [0, 0.1) is 0 Å². The number of hydrogen-bond acceptors (Lipinski definition) is 4. The number of benzene rings is 3. The van der Waals surface area contributed by atoms with Gasteiger partial charge in [-0.1, -0.05) is 72.8 Å². The zero-order chi connectivity index (χ0) is 23.3. The Balaban J connectivity index is 1.46. The highest BCUT2D eigenvalue weighted by molar-refractivity contribution is 5.96. The number of furan rings is 1. The van der Waals surface area contributed by atoms with Crippen molar-refractivity contribution in [2.24, 2.45) is 0 Å². The molecule has 34 heavy (non-hydrogen) atoms. The second kappa shape index (κ2) is 9.98. The van der Waals surface area contributed by atoms with Crippen molar-refractivity contribution in [3.05, 3.63) is 108 Å². The molecule has 0 atom stereocenters. The summed E-state index contributed by atoms with van der Waals surface area (Å²) in [5.41, 5.74) is 3.57. The van der Waals surface area contributed by atoms with Gasteiger partial charge < -0.3 is 18.8 Å². The monoisotopic (exact) mass is 453 g/mol. The van der Waals surface area contributed by atoms with Gasteiger partial charge in [0.1, 0.15) is 11.9 Å². The van der Waals surface area contributed by atoms with Gasteiger partial charge in [-0.2, -0.15) is 0 Å². The molecule has 1 amide bonds. The lowest BCUT2D eigenvalue weighted by Crippen LogP contribution is -2.39. The number of rotatable bonds is 6. The van der Waals surface area contributed by atoms with E-state index in [1.807, 2.05) is 67.6 Å². The molecule has 1 aliphatic heterocycles. The number of morpholine rings is 1. The van der Waals surface area contributed by atoms with Crippen LogP contribution >= 0.6 is 0 Å². The predicted octanol–water partition coefficient (Wildman–Crippen LogP) is 5.86. The average molecular weight is 454 g/mol. The average Bonchev–Trinajstić information content (AvgIpc) is 3.34. The maximum absolute atomic E-state index is 12.7. The third kappa shape index (κ3) is 4.75. The molecule has 0 spiro atoms. The topological polar surface area (TPSA) is 51.9 Å². The molecule has 2 heterocycles. The molecule has 0 bridgehead atoms. The van der Waals surface area contributed by atoms with E-state index in [1.165, 1.54) is 0 Å². The number of para-hydroxylation sites is 1. The Labute approximate surface area is 199 Å². The zero-order valence-electron chi connectivity index (χ0n) is 19.1. The van der Waals surface area contributed by atoms with E-state index < -0.39 is 0 Å². The minimum atomic E-state index is -0.277. The first-order valence-electron chi connectivity index (χ1n) is 11.5. The van der Waals surface area contributed by atoms with Gasteiger partial charge in [0.05, 0.1) is 13.2 Å². The smallest absolute Gasteiger partial charge is 0.247 e. The van der Waals surface area contributed by atoms with Gasteiger partial charge in [-0.15, -0.1) is 0 Å². The minimum Gasteiger partial charge on any atom is -0.477 e. The molecule has 5 nitrogen and oxygen atoms in total. The summed E-state index contributed by atoms with van der Waals surface area (Å²) in [6.07, 6.45) is 1.36. The second-order valence-electron chi connectivity index (χ2n) is 8.37. The standard InChI is InChI=1S/C29H27NO4/c1-21(19-27(31)30-15-17-32-18-16-30)26-20-24-13-8-14-25(29(24)34-26)33-28(22-9-4-2-5-10-22)23-11-6-3-7-12-23/h2-14,19-20,28H,15-18H2,1H3/b21-19+. The maximum atomic E-state index is 12.7. The van der Waals surface area contributed by atoms with Gasteiger partial charge >= 0.3 is 0 Å². The van der Waals surface area contributed by atoms with Crippen LogP contribution in [0.1, 0.15) is 29.9 Å². The highest BCUT2D eigenvalue weighted by atomic mass is 16.5. The summed E-state index contributed by atoms with van der Waals surface area (Å²) in [7, 11) is 0. The number of fused-ring (bicyclic) bond motifs is 1. The minimum absolute atomic E-state index is 0.0223. The summed E-state index contributed by atoms with van der Waals surface area (Å²) in [6.45, 7) is 4.28. The number of carbonyl (C=O) groups is 1. The Bertz CT molecular complexity index is 1250. The third-order valence-corrected chi connectivity index (χ3v) is 6.01. The van der Waals surface area contributed by atoms with E-state index in [0.717, 1.165) is 22.1 Å². The van der Waals surface area contributed by atoms with Crippen LogP contribution < -0.4 is 4.74 Å². The highest BCUT2D eigenvalue weighted by Gasteiger charge is 2.20. The molecule has 0 saturated carbocycles. The van der Waals surface area contributed by atoms with Gasteiger partial charge in [-0.05, 0) is 35.8 Å². The van der Waals surface area contributed by atoms with Crippen molar-refractivity contribution in [3.8, 4) is 5.75 Å². The number of hydrogen-bond donors (Lipinski definition) is 0. The van der Waals surface area contributed by atoms with E-state index in [1.54, 1.807) is 11.0 Å². The lowest BCUT2D eigenvalue weighted by Gasteiger charge is -2.25. The summed E-state index contributed by atoms with van der Waals surface area (Å²) in [6, 6.07) is 28.1. The maximum Gasteiger partial charge on any atom is 0.247 e. The van der Waals surface area contributed by atoms with Crippen LogP contribution in [-0.4, -0.2) is 37.1 Å². The summed E-state index contributed by atoms with van der Waals surface area (Å²) >= 11 is 0. The van der Waals surface area contributed by atoms with Crippen molar-refractivity contribution in [1.29, 1.82) is 0 Å². The van der Waals surface area contributed by atoms with Gasteiger partial charge in [0.15, 0.2) is 11.3 Å². The number of allylic oxidation sites excluding steroid dienone is 1. The Kier molecular flexibility index (Phi) is 6.45. The van der Waals surface area contributed by atoms with E-state index in [-0.39, 0.29) is 12.0 Å². The molecule has 4 aromatic rings. The normalized spacial score (nSPS) is 14.5. The lowest BCUT2D eigenvalue weighted by atomic mass is 10.0. The Morgan fingerprint density at radius 3 is 2.21 bits per heavy atom. The highest BCUT2D eigenvalue weighted by Crippen LogP contribution is 2.36. The van der Waals surface area contributed by atoms with Gasteiger partial charge in [0, 0.05) is 24.6 Å². The van der Waals surface area contributed by atoms with Crippen LogP contribution in [0.15, 0.2) is 95.4 Å². The molecule has 0 aliphatic carbocycles. The van der Waals surface area contributed by atoms with Crippen molar-refractivity contribution in [2.45, 2.75) is 13.0 Å². The van der Waals surface area contributed by atoms with E-state index >= 15 is 0 Å². The fourth-order valence-corrected chi connectivity index (χ4v) is 4.17. The van der Waals surface area contributed by atoms with Crippen molar-refractivity contribution < 1.29 is 18.7 Å². The molecule has 5 rings (SSSR count). The second-order valence-corrected chi connectivity index (χ2v) is 8.37. The molecule has 1 fully saturated rings. The molecule has 1 saturated heterocycles. The number of ether oxygens (including phenoxy) is 2. The molecule has 1 aromatic heterocycles. The van der Waals surface area contributed by atoms with Crippen molar-refractivity contribution >= 4 is 22.4 Å². The van der Waals surface area contributed by atoms with Gasteiger partial charge in [-0.3, -0.25) is 4.79 Å². The number of nitrogens with zero attached hydrogens (tertiary/aromatic N) is 1. The fraction of sp³-hybridized carbons (Fsp3) is 0.207. The van der Waals surface area contributed by atoms with Crippen LogP contribution in [-0.2, 0) is 9.53 Å². The molecule has 5 heteroatoms. The van der Waals surface area contributed by atoms with E-state index in [2.05, 4.69) is 24.3 Å². The SMILES string of the molecule is C/C(=C\C(=O)N1CCOCC1)c1cc2cccc(OC(c3ccccc3)c3ccccc3)c2o1. The predicted molar refractivity (Wildman–Crippen MR) is 133 cm³/mol. The lowest BCUT2D eigenvalue weighted by molar-refractivity contribution is -0.129. The van der Waals surface area contributed by atoms with Crippen LogP contribution in [0.2, 0.25) is 0 Å². The number of amides is 1. The van der Waals surface area contributed by atoms with E-state index in [0.29, 0.717) is 43.4 Å². The Hall–Kier alpha value is -3.83. The molecule has 0 unspecified atom stereocenters. The van der Waals surface area contributed by atoms with Gasteiger partial charge in [0.25, 0.3) is 0 Å². The first-order valence-corrected chi connectivity index (χ1v) is 11.5. The van der Waals surface area contributed by atoms with Gasteiger partial charge in [-0.25, -0.2) is 0 Å². The van der Waals surface area contributed by atoms with Crippen molar-refractivity contribution in [2.75, 3.05) is 26.3 Å². The van der Waals surface area contributed by atoms with Gasteiger partial charge in [0.2, 0.25) is 5.91 Å². The first-order chi connectivity index (χ1) is 16.7. The molecule has 0 N–H and O–H groups in total. The zero-order valence-corrected chi connectivity index (χ0v) is 19.1. The van der Waals surface area contributed by atoms with Crippen LogP contribution in [0.3, 0.4) is 0 Å². The molecular formula is C29H27NO4. The largest absolute Gasteiger partial charge is 0.477 e. The summed E-state index contributed by atoms with van der Waals surface area (Å²) in [5.74, 6) is 1.29. The number of carbonyl (C=O) groups excluding carboxylic acids is 1. The Morgan fingerprint density at radius 2 is 1.56 bits per heavy atom. The Morgan fingerprint density at radius 1 is 0.912 bits per heavy atom. The van der Waals surface area contributed by atoms with Crippen LogP contribution in [0.4, 0.5) is 0 Å². The fourth-order valence-electron chi connectivity index (χ4n) is 4.17. The van der Waals surface area contributed by atoms with Crippen molar-refractivity contribution in [3.63, 3.8) is 0 Å². The quantitative estimate of drug-likeness (QED) is 0.343. The molecule has 1 aliphatic rings. The van der Waals surface area contributed by atoms with Crippen LogP contribution in [0.5, 0.6) is 5.75 Å². The molecule has 172 valence electrons. The molecule has 0 radical (unpaired) electrons. The summed E-state index contributed by atoms with van der Waals surface area (Å²) in [5, 5.41) is 0.930. The van der Waals surface area contributed by atoms with E-state index in [9.17, 15) is 4.79 Å². The molecule has 3 aromatic carbocycles. The summed E-state index contributed by atoms with van der Waals surface area (Å²) in [4.78, 5) is 14.5. The third-order valence-electron chi connectivity index (χ3n) is 6.01. The first kappa shape index (κ1) is 22.0. The van der Waals surface area contributed by atoms with E-state index in [4.69, 9.17) is 13.9 Å². The van der Waals surface area contributed by atoms with Crippen molar-refractivity contribution in [1.82, 2.24) is 4.90 Å². The van der Waals surface area contributed by atoms with Crippen LogP contribution in [0.25, 0.3) is 16.5 Å².